The Morgan fingerprint density at radius 3 is 0.567 bits per heavy atom. The predicted molar refractivity (Wildman–Crippen MR) is 318 cm³/mol. The van der Waals surface area contributed by atoms with Crippen molar-refractivity contribution in [1.82, 2.24) is 0 Å². The molecule has 0 aliphatic heterocycles. The molecule has 0 aromatic heterocycles. The average Bonchev–Trinajstić information content (AvgIpc) is 0.735. The molecule has 0 spiro atoms. The van der Waals surface area contributed by atoms with Crippen LogP contribution in [0.25, 0.3) is 66.8 Å². The summed E-state index contributed by atoms with van der Waals surface area (Å²) in [6, 6.07) is 6.38. The number of hydrogen-bond acceptors (Lipinski definition) is 12. The Labute approximate surface area is 525 Å². The Morgan fingerprint density at radius 2 is 0.389 bits per heavy atom. The van der Waals surface area contributed by atoms with Gasteiger partial charge in [0.15, 0.2) is 116 Å². The average molecular weight is 1400 g/mol. The van der Waals surface area contributed by atoms with Gasteiger partial charge in [0, 0.05) is 55.2 Å². The van der Waals surface area contributed by atoms with Gasteiger partial charge >= 0.3 is 0 Å². The lowest BCUT2D eigenvalue weighted by molar-refractivity contribution is 0.322. The molecule has 0 radical (unpaired) electrons. The Kier molecular flexibility index (Phi) is 21.9. The van der Waals surface area contributed by atoms with Gasteiger partial charge in [-0.05, 0) is 107 Å². The number of hydrogen-bond donors (Lipinski definition) is 0. The number of benzene rings is 8. The molecule has 0 saturated carbocycles. The van der Waals surface area contributed by atoms with Crippen molar-refractivity contribution in [1.29, 1.82) is 0 Å². The van der Waals surface area contributed by atoms with Gasteiger partial charge < -0.3 is 56.8 Å². The van der Waals surface area contributed by atoms with E-state index in [1.807, 2.05) is 0 Å². The van der Waals surface area contributed by atoms with E-state index in [2.05, 4.69) is 31.9 Å². The van der Waals surface area contributed by atoms with Gasteiger partial charge in [-0.25, -0.2) is 52.7 Å². The molecule has 0 bridgehead atoms. The van der Waals surface area contributed by atoms with Crippen LogP contribution in [0, 0.1) is 83.7 Å². The van der Waals surface area contributed by atoms with Crippen LogP contribution in [-0.4, -0.2) is 85.3 Å². The van der Waals surface area contributed by atoms with Crippen molar-refractivity contribution in [3.8, 4) is 136 Å². The molecule has 0 aliphatic rings. The van der Waals surface area contributed by atoms with E-state index >= 15 is 0 Å². The number of halogens is 14. The number of rotatable bonds is 20. The highest BCUT2D eigenvalue weighted by atomic mass is 79.9. The van der Waals surface area contributed by atoms with Crippen LogP contribution in [0.15, 0.2) is 48.5 Å². The van der Waals surface area contributed by atoms with E-state index in [1.54, 1.807) is 13.8 Å². The second-order valence-electron chi connectivity index (χ2n) is 18.9. The number of methoxy groups -OCH3 is 12. The van der Waals surface area contributed by atoms with Crippen LogP contribution in [-0.2, 0) is 10.7 Å². The first-order chi connectivity index (χ1) is 42.9. The summed E-state index contributed by atoms with van der Waals surface area (Å²) in [7, 11) is 15.8. The van der Waals surface area contributed by atoms with Gasteiger partial charge in [-0.2, -0.15) is 0 Å². The van der Waals surface area contributed by atoms with Crippen molar-refractivity contribution < 1.29 is 110 Å². The van der Waals surface area contributed by atoms with Crippen molar-refractivity contribution in [2.45, 2.75) is 24.5 Å². The molecule has 0 saturated heterocycles. The molecule has 0 aliphatic carbocycles. The standard InChI is InChI=1S/C32H26Br2F6O6.C32H28F6O6/c1-41-27-21(13-7-17(35)25(39)18(36)8-13)15(11-33)23(29(43-3)31(27)45-5)24-16(12-34)22(14-9-19(37)26(40)20(38)10-14)28(42-2)32(46-6)30(24)44-4;1-13-21(15-9-17(33)25(37)18(34)10-15)27(39-3)31(43-7)29(41-5)23(13)24-14(2)22(16-11-19(35)26(38)20(36)12-16)28(40-4)32(44-8)30(24)42-6/h7-10H,11-12H2,1-6H3;9-12H,1-8H3. The maximum absolute atomic E-state index is 14.6. The lowest BCUT2D eigenvalue weighted by Crippen LogP contribution is -2.08. The Bertz CT molecular complexity index is 3760. The summed E-state index contributed by atoms with van der Waals surface area (Å²) in [5.41, 5.74) is 1.97. The molecule has 90 heavy (non-hydrogen) atoms. The maximum atomic E-state index is 14.6. The monoisotopic (exact) mass is 1400 g/mol. The van der Waals surface area contributed by atoms with E-state index in [0.29, 0.717) is 11.1 Å². The van der Waals surface area contributed by atoms with Gasteiger partial charge in [-0.3, -0.25) is 0 Å². The molecule has 0 fully saturated rings. The molecular weight excluding hydrogens is 1350 g/mol. The van der Waals surface area contributed by atoms with Gasteiger partial charge in [0.2, 0.25) is 23.0 Å². The summed E-state index contributed by atoms with van der Waals surface area (Å²) in [6.45, 7) is 3.17. The summed E-state index contributed by atoms with van der Waals surface area (Å²) < 4.78 is 241. The highest BCUT2D eigenvalue weighted by Crippen LogP contribution is 2.62. The number of ether oxygens (including phenoxy) is 12. The minimum Gasteiger partial charge on any atom is -0.492 e. The van der Waals surface area contributed by atoms with E-state index in [0.717, 1.165) is 48.5 Å². The molecule has 0 N–H and O–H groups in total. The zero-order valence-corrected chi connectivity index (χ0v) is 53.4. The van der Waals surface area contributed by atoms with Crippen molar-refractivity contribution in [3.05, 3.63) is 141 Å². The van der Waals surface area contributed by atoms with Crippen molar-refractivity contribution in [3.63, 3.8) is 0 Å². The molecule has 0 atom stereocenters. The minimum atomic E-state index is -1.67. The minimum absolute atomic E-state index is 0.00704. The van der Waals surface area contributed by atoms with E-state index < -0.39 is 69.8 Å². The van der Waals surface area contributed by atoms with Gasteiger partial charge in [-0.15, -0.1) is 0 Å². The molecule has 0 unspecified atom stereocenters. The van der Waals surface area contributed by atoms with Crippen LogP contribution >= 0.6 is 31.9 Å². The molecule has 480 valence electrons. The summed E-state index contributed by atoms with van der Waals surface area (Å²) in [6.07, 6.45) is 0. The summed E-state index contributed by atoms with van der Waals surface area (Å²) in [5, 5.41) is -0.0489. The van der Waals surface area contributed by atoms with Crippen molar-refractivity contribution in [2.24, 2.45) is 0 Å². The van der Waals surface area contributed by atoms with Crippen LogP contribution in [0.1, 0.15) is 22.3 Å². The van der Waals surface area contributed by atoms with Crippen LogP contribution in [0.3, 0.4) is 0 Å². The lowest BCUT2D eigenvalue weighted by atomic mass is 9.84. The van der Waals surface area contributed by atoms with Crippen LogP contribution in [0.4, 0.5) is 52.7 Å². The van der Waals surface area contributed by atoms with Gasteiger partial charge in [0.25, 0.3) is 0 Å². The molecule has 0 heterocycles. The van der Waals surface area contributed by atoms with E-state index in [-0.39, 0.29) is 158 Å². The van der Waals surface area contributed by atoms with Crippen molar-refractivity contribution in [2.75, 3.05) is 85.3 Å². The zero-order valence-electron chi connectivity index (χ0n) is 50.2. The smallest absolute Gasteiger partial charge is 0.204 e. The third-order valence-electron chi connectivity index (χ3n) is 14.5. The third kappa shape index (κ3) is 11.8. The van der Waals surface area contributed by atoms with E-state index in [4.69, 9.17) is 56.8 Å². The van der Waals surface area contributed by atoms with E-state index in [9.17, 15) is 52.7 Å². The van der Waals surface area contributed by atoms with Crippen LogP contribution < -0.4 is 56.8 Å². The van der Waals surface area contributed by atoms with Crippen LogP contribution in [0.2, 0.25) is 0 Å². The summed E-state index contributed by atoms with van der Waals surface area (Å²) >= 11 is 6.93. The fourth-order valence-corrected chi connectivity index (χ4v) is 12.0. The second kappa shape index (κ2) is 28.5. The Hall–Kier alpha value is -8.52. The van der Waals surface area contributed by atoms with Gasteiger partial charge in [0.05, 0.1) is 85.3 Å². The fraction of sp³-hybridized carbons (Fsp3) is 0.250. The molecular formula is C64H54Br2F12O12. The fourth-order valence-electron chi connectivity index (χ4n) is 10.9. The molecule has 8 aromatic carbocycles. The van der Waals surface area contributed by atoms with E-state index in [1.165, 1.54) is 85.3 Å². The normalized spacial score (nSPS) is 11.0. The van der Waals surface area contributed by atoms with Crippen LogP contribution in [0.5, 0.6) is 69.0 Å². The first kappa shape index (κ1) is 69.0. The SMILES string of the molecule is COc1c(OC)c(-c2cc(F)c(F)c(F)c2)c(C)c(-c2c(C)c(-c3cc(F)c(F)c(F)c3)c(OC)c(OC)c2OC)c1OC.COc1c(OC)c(-c2cc(F)c(F)c(F)c2)c(CBr)c(-c2c(CBr)c(-c3cc(F)c(F)c(F)c3)c(OC)c(OC)c2OC)c1OC. The highest BCUT2D eigenvalue weighted by Gasteiger charge is 2.38. The molecule has 0 amide bonds. The van der Waals surface area contributed by atoms with Gasteiger partial charge in [0.1, 0.15) is 0 Å². The first-order valence-corrected chi connectivity index (χ1v) is 28.2. The lowest BCUT2D eigenvalue weighted by Gasteiger charge is -2.28. The third-order valence-corrected chi connectivity index (χ3v) is 15.6. The van der Waals surface area contributed by atoms with Crippen molar-refractivity contribution >= 4 is 31.9 Å². The molecule has 8 aromatic rings. The summed E-state index contributed by atoms with van der Waals surface area (Å²) in [5.74, 6) is -18.1. The first-order valence-electron chi connectivity index (χ1n) is 26.0. The zero-order chi connectivity index (χ0) is 66.7. The molecule has 12 nitrogen and oxygen atoms in total. The molecule has 26 heteroatoms. The largest absolute Gasteiger partial charge is 0.492 e. The topological polar surface area (TPSA) is 111 Å². The quantitative estimate of drug-likeness (QED) is 0.0412. The maximum Gasteiger partial charge on any atom is 0.204 e. The Morgan fingerprint density at radius 1 is 0.233 bits per heavy atom. The highest BCUT2D eigenvalue weighted by molar-refractivity contribution is 9.08. The van der Waals surface area contributed by atoms with Gasteiger partial charge in [-0.1, -0.05) is 31.9 Å². The molecule has 8 rings (SSSR count). The predicted octanol–water partition coefficient (Wildman–Crippen LogP) is 17.6. The Balaban J connectivity index is 0.000000256. The summed E-state index contributed by atoms with van der Waals surface area (Å²) in [4.78, 5) is 0. The second-order valence-corrected chi connectivity index (χ2v) is 20.0. The number of alkyl halides is 2.